The van der Waals surface area contributed by atoms with Gasteiger partial charge in [-0.25, -0.2) is 13.6 Å². The van der Waals surface area contributed by atoms with E-state index in [9.17, 15) is 8.42 Å². The first kappa shape index (κ1) is 13.5. The van der Waals surface area contributed by atoms with Crippen LogP contribution in [0.5, 0.6) is 0 Å². The third kappa shape index (κ3) is 2.32. The number of primary sulfonamides is 1. The number of rotatable bonds is 3. The number of sulfonamides is 1. The van der Waals surface area contributed by atoms with E-state index in [0.717, 1.165) is 18.4 Å². The summed E-state index contributed by atoms with van der Waals surface area (Å²) in [6.45, 7) is 1.93. The normalized spacial score (nSPS) is 15.6. The third-order valence-electron chi connectivity index (χ3n) is 3.20. The van der Waals surface area contributed by atoms with Crippen LogP contribution < -0.4 is 5.14 Å². The molecule has 0 amide bonds. The van der Waals surface area contributed by atoms with Gasteiger partial charge in [0.25, 0.3) is 15.2 Å². The van der Waals surface area contributed by atoms with Crippen LogP contribution in [0.25, 0.3) is 11.4 Å². The largest absolute Gasteiger partial charge is 0.294 e. The van der Waals surface area contributed by atoms with Crippen LogP contribution >= 0.6 is 11.6 Å². The monoisotopic (exact) mass is 312 g/mol. The lowest BCUT2D eigenvalue weighted by molar-refractivity contribution is 0.567. The highest BCUT2D eigenvalue weighted by Gasteiger charge is 2.33. The Morgan fingerprint density at radius 1 is 1.35 bits per heavy atom. The molecule has 6 nitrogen and oxygen atoms in total. The highest BCUT2D eigenvalue weighted by molar-refractivity contribution is 7.89. The van der Waals surface area contributed by atoms with Gasteiger partial charge in [0, 0.05) is 11.6 Å². The minimum atomic E-state index is -3.90. The number of benzene rings is 1. The fourth-order valence-corrected chi connectivity index (χ4v) is 3.10. The van der Waals surface area contributed by atoms with E-state index < -0.39 is 10.0 Å². The quantitative estimate of drug-likeness (QED) is 0.937. The van der Waals surface area contributed by atoms with E-state index in [1.54, 1.807) is 10.6 Å². The average Bonchev–Trinajstić information content (AvgIpc) is 3.07. The molecule has 2 aromatic rings. The number of hydrogen-bond acceptors (Lipinski definition) is 4. The first-order valence-corrected chi connectivity index (χ1v) is 8.04. The summed E-state index contributed by atoms with van der Waals surface area (Å²) in [6.07, 6.45) is 1.77. The maximum Gasteiger partial charge on any atom is 0.273 e. The zero-order chi connectivity index (χ0) is 14.5. The van der Waals surface area contributed by atoms with Crippen molar-refractivity contribution in [2.75, 3.05) is 0 Å². The number of nitrogens with zero attached hydrogens (tertiary/aromatic N) is 3. The summed E-state index contributed by atoms with van der Waals surface area (Å²) in [7, 11) is -3.90. The summed E-state index contributed by atoms with van der Waals surface area (Å²) >= 11 is 6.22. The summed E-state index contributed by atoms with van der Waals surface area (Å²) in [5.41, 5.74) is 1.68. The van der Waals surface area contributed by atoms with Crippen molar-refractivity contribution in [3.05, 3.63) is 28.8 Å². The molecule has 1 aliphatic rings. The predicted octanol–water partition coefficient (Wildman–Crippen LogP) is 1.89. The Labute approximate surface area is 121 Å². The minimum Gasteiger partial charge on any atom is -0.294 e. The molecule has 2 N–H and O–H groups in total. The van der Waals surface area contributed by atoms with Gasteiger partial charge in [0.2, 0.25) is 0 Å². The molecule has 0 unspecified atom stereocenters. The highest BCUT2D eigenvalue weighted by Crippen LogP contribution is 2.40. The van der Waals surface area contributed by atoms with Crippen LogP contribution in [0.15, 0.2) is 23.4 Å². The van der Waals surface area contributed by atoms with E-state index >= 15 is 0 Å². The Kier molecular flexibility index (Phi) is 3.07. The SMILES string of the molecule is Cc1ccc(-c2nnc(S(N)(=O)=O)n2C2CC2)c(Cl)c1. The maximum absolute atomic E-state index is 11.6. The van der Waals surface area contributed by atoms with Gasteiger partial charge in [-0.2, -0.15) is 0 Å². The molecular formula is C12H13ClN4O2S. The van der Waals surface area contributed by atoms with E-state index in [2.05, 4.69) is 10.2 Å². The molecule has 1 fully saturated rings. The van der Waals surface area contributed by atoms with E-state index in [1.807, 2.05) is 19.1 Å². The van der Waals surface area contributed by atoms with Gasteiger partial charge in [-0.15, -0.1) is 10.2 Å². The van der Waals surface area contributed by atoms with Gasteiger partial charge in [-0.1, -0.05) is 17.7 Å². The van der Waals surface area contributed by atoms with Gasteiger partial charge >= 0.3 is 0 Å². The number of hydrogen-bond donors (Lipinski definition) is 1. The van der Waals surface area contributed by atoms with E-state index in [4.69, 9.17) is 16.7 Å². The van der Waals surface area contributed by atoms with E-state index in [-0.39, 0.29) is 11.2 Å². The molecule has 0 atom stereocenters. The summed E-state index contributed by atoms with van der Waals surface area (Å²) in [5, 5.41) is 13.2. The van der Waals surface area contributed by atoms with Crippen molar-refractivity contribution >= 4 is 21.6 Å². The fraction of sp³-hybridized carbons (Fsp3) is 0.333. The Bertz CT molecular complexity index is 781. The van der Waals surface area contributed by atoms with Crippen LogP contribution in [0, 0.1) is 6.92 Å². The smallest absolute Gasteiger partial charge is 0.273 e. The van der Waals surface area contributed by atoms with Crippen molar-refractivity contribution in [1.82, 2.24) is 14.8 Å². The van der Waals surface area contributed by atoms with Crippen LogP contribution in [0.2, 0.25) is 5.02 Å². The molecule has 0 radical (unpaired) electrons. The Morgan fingerprint density at radius 3 is 2.60 bits per heavy atom. The van der Waals surface area contributed by atoms with Crippen LogP contribution in [0.4, 0.5) is 0 Å². The summed E-state index contributed by atoms with van der Waals surface area (Å²) < 4.78 is 24.8. The lowest BCUT2D eigenvalue weighted by Crippen LogP contribution is -2.18. The Morgan fingerprint density at radius 2 is 2.05 bits per heavy atom. The predicted molar refractivity (Wildman–Crippen MR) is 74.8 cm³/mol. The van der Waals surface area contributed by atoms with Gasteiger partial charge in [-0.05, 0) is 37.5 Å². The molecule has 1 heterocycles. The number of nitrogens with two attached hydrogens (primary N) is 1. The first-order chi connectivity index (χ1) is 9.38. The van der Waals surface area contributed by atoms with Gasteiger partial charge in [0.05, 0.1) is 5.02 Å². The maximum atomic E-state index is 11.6. The molecule has 1 aromatic carbocycles. The van der Waals surface area contributed by atoms with E-state index in [0.29, 0.717) is 16.4 Å². The van der Waals surface area contributed by atoms with Crippen molar-refractivity contribution in [1.29, 1.82) is 0 Å². The molecule has 3 rings (SSSR count). The van der Waals surface area contributed by atoms with Crippen molar-refractivity contribution < 1.29 is 8.42 Å². The number of halogens is 1. The molecule has 0 aliphatic heterocycles. The third-order valence-corrected chi connectivity index (χ3v) is 4.30. The molecule has 106 valence electrons. The van der Waals surface area contributed by atoms with Gasteiger partial charge in [0.1, 0.15) is 0 Å². The molecule has 0 spiro atoms. The topological polar surface area (TPSA) is 90.9 Å². The number of aryl methyl sites for hydroxylation is 1. The summed E-state index contributed by atoms with van der Waals surface area (Å²) in [6, 6.07) is 5.59. The van der Waals surface area contributed by atoms with Crippen LogP contribution in [-0.4, -0.2) is 23.2 Å². The van der Waals surface area contributed by atoms with Gasteiger partial charge < -0.3 is 0 Å². The molecular weight excluding hydrogens is 300 g/mol. The average molecular weight is 313 g/mol. The lowest BCUT2D eigenvalue weighted by atomic mass is 10.1. The first-order valence-electron chi connectivity index (χ1n) is 6.12. The minimum absolute atomic E-state index is 0.0747. The summed E-state index contributed by atoms with van der Waals surface area (Å²) in [5.74, 6) is 0.446. The standard InChI is InChI=1S/C12H13ClN4O2S/c1-7-2-5-9(10(13)6-7)11-15-16-12(20(14,18)19)17(11)8-3-4-8/h2,5-6,8H,3-4H2,1H3,(H2,14,18,19). The molecule has 1 saturated carbocycles. The Balaban J connectivity index is 2.22. The second kappa shape index (κ2) is 4.54. The lowest BCUT2D eigenvalue weighted by Gasteiger charge is -2.09. The second-order valence-corrected chi connectivity index (χ2v) is 6.80. The Hall–Kier alpha value is -1.44. The fourth-order valence-electron chi connectivity index (χ4n) is 2.12. The van der Waals surface area contributed by atoms with Crippen molar-refractivity contribution in [2.24, 2.45) is 5.14 Å². The molecule has 20 heavy (non-hydrogen) atoms. The van der Waals surface area contributed by atoms with Crippen LogP contribution in [-0.2, 0) is 10.0 Å². The van der Waals surface area contributed by atoms with Crippen molar-refractivity contribution in [3.63, 3.8) is 0 Å². The molecule has 8 heteroatoms. The second-order valence-electron chi connectivity index (χ2n) is 4.94. The van der Waals surface area contributed by atoms with Crippen LogP contribution in [0.3, 0.4) is 0 Å². The molecule has 0 bridgehead atoms. The summed E-state index contributed by atoms with van der Waals surface area (Å²) in [4.78, 5) is 0. The number of aromatic nitrogens is 3. The zero-order valence-corrected chi connectivity index (χ0v) is 12.3. The van der Waals surface area contributed by atoms with Crippen LogP contribution in [0.1, 0.15) is 24.4 Å². The molecule has 1 aliphatic carbocycles. The molecule has 0 saturated heterocycles. The molecule has 1 aromatic heterocycles. The van der Waals surface area contributed by atoms with Crippen molar-refractivity contribution in [2.45, 2.75) is 31.0 Å². The van der Waals surface area contributed by atoms with E-state index in [1.165, 1.54) is 0 Å². The zero-order valence-electron chi connectivity index (χ0n) is 10.7. The van der Waals surface area contributed by atoms with Gasteiger partial charge in [-0.3, -0.25) is 4.57 Å². The highest BCUT2D eigenvalue weighted by atomic mass is 35.5. The van der Waals surface area contributed by atoms with Crippen molar-refractivity contribution in [3.8, 4) is 11.4 Å². The van der Waals surface area contributed by atoms with Gasteiger partial charge in [0.15, 0.2) is 5.82 Å².